The molecule has 0 fully saturated rings. The van der Waals surface area contributed by atoms with Crippen molar-refractivity contribution < 1.29 is 13.3 Å². The molecule has 4 aromatic rings. The maximum absolute atomic E-state index is 13.1. The minimum atomic E-state index is -4.47. The fraction of sp³-hybridized carbons (Fsp3) is 0.0714. The summed E-state index contributed by atoms with van der Waals surface area (Å²) in [5.41, 5.74) is 1.04. The second kappa shape index (κ2) is 9.96. The van der Waals surface area contributed by atoms with E-state index in [2.05, 4.69) is 4.72 Å². The van der Waals surface area contributed by atoms with Crippen LogP contribution in [0.5, 0.6) is 0 Å². The number of sulfonamides is 1. The van der Waals surface area contributed by atoms with Crippen LogP contribution >= 0.6 is 18.4 Å². The zero-order valence-corrected chi connectivity index (χ0v) is 21.7. The number of benzene rings is 4. The van der Waals surface area contributed by atoms with Gasteiger partial charge in [0.25, 0.3) is 0 Å². The van der Waals surface area contributed by atoms with Crippen molar-refractivity contribution in [1.82, 2.24) is 4.72 Å². The molecule has 0 aliphatic heterocycles. The number of rotatable bonds is 8. The van der Waals surface area contributed by atoms with Crippen LogP contribution in [0.3, 0.4) is 0 Å². The first-order valence-electron chi connectivity index (χ1n) is 11.2. The van der Waals surface area contributed by atoms with Crippen LogP contribution in [0.2, 0.25) is 0 Å². The molecule has 0 aliphatic carbocycles. The molecule has 2 N–H and O–H groups in total. The molecule has 0 radical (unpaired) electrons. The Balaban J connectivity index is 1.94. The molecule has 35 heavy (non-hydrogen) atoms. The van der Waals surface area contributed by atoms with E-state index in [-0.39, 0.29) is 9.67 Å². The predicted molar refractivity (Wildman–Crippen MR) is 147 cm³/mol. The van der Waals surface area contributed by atoms with Crippen LogP contribution in [0.1, 0.15) is 12.5 Å². The molecule has 0 spiro atoms. The number of halogens is 1. The van der Waals surface area contributed by atoms with Gasteiger partial charge in [0, 0.05) is 0 Å². The molecule has 0 aromatic heterocycles. The van der Waals surface area contributed by atoms with E-state index in [9.17, 15) is 13.3 Å². The molecule has 180 valence electrons. The summed E-state index contributed by atoms with van der Waals surface area (Å²) in [5.74, 6) is 0. The van der Waals surface area contributed by atoms with E-state index in [0.717, 1.165) is 12.0 Å². The third-order valence-electron chi connectivity index (χ3n) is 6.17. The van der Waals surface area contributed by atoms with Crippen molar-refractivity contribution in [2.24, 2.45) is 0 Å². The second-order valence-corrected chi connectivity index (χ2v) is 14.7. The number of hydrogen-bond donors (Lipinski definition) is 2. The second-order valence-electron chi connectivity index (χ2n) is 8.16. The van der Waals surface area contributed by atoms with Crippen LogP contribution in [-0.4, -0.2) is 13.3 Å². The van der Waals surface area contributed by atoms with Crippen molar-refractivity contribution in [3.05, 3.63) is 132 Å². The Morgan fingerprint density at radius 2 is 1.17 bits per heavy atom. The van der Waals surface area contributed by atoms with Crippen molar-refractivity contribution in [3.63, 3.8) is 0 Å². The molecular formula is C28H27ClNO3PS. The quantitative estimate of drug-likeness (QED) is 0.319. The molecule has 0 saturated heterocycles. The van der Waals surface area contributed by atoms with Crippen LogP contribution < -0.4 is 20.6 Å². The molecule has 0 aliphatic rings. The molecule has 4 aromatic carbocycles. The molecule has 0 saturated carbocycles. The Morgan fingerprint density at radius 3 is 1.54 bits per heavy atom. The van der Waals surface area contributed by atoms with Gasteiger partial charge in [-0.1, -0.05) is 0 Å². The topological polar surface area (TPSA) is 66.4 Å². The Hall–Kier alpha value is -2.95. The van der Waals surface area contributed by atoms with E-state index >= 15 is 0 Å². The van der Waals surface area contributed by atoms with Gasteiger partial charge in [0.2, 0.25) is 0 Å². The van der Waals surface area contributed by atoms with Gasteiger partial charge in [-0.3, -0.25) is 0 Å². The van der Waals surface area contributed by atoms with Crippen LogP contribution in [0.4, 0.5) is 0 Å². The standard InChI is InChI=1S/C28H27ClNO3PS/c1-2-23-18-20-27(21-19-23)35(32,33)30-22-28(29)34(31,24-12-6-3-7-13-24,25-14-8-4-9-15-25)26-16-10-5-11-17-26/h3-22,30-31H,2H2,1H3/b28-22+. The Bertz CT molecular complexity index is 1330. The fourth-order valence-electron chi connectivity index (χ4n) is 4.20. The van der Waals surface area contributed by atoms with Crippen molar-refractivity contribution in [2.45, 2.75) is 18.2 Å². The van der Waals surface area contributed by atoms with Crippen LogP contribution in [-0.2, 0) is 16.4 Å². The summed E-state index contributed by atoms with van der Waals surface area (Å²) in [4.78, 5) is 13.2. The third-order valence-corrected chi connectivity index (χ3v) is 13.5. The summed E-state index contributed by atoms with van der Waals surface area (Å²) < 4.78 is 28.7. The average Bonchev–Trinajstić information content (AvgIpc) is 2.93. The zero-order valence-electron chi connectivity index (χ0n) is 19.3. The number of nitrogens with one attached hydrogen (secondary N) is 1. The van der Waals surface area contributed by atoms with E-state index in [1.807, 2.05) is 97.9 Å². The third kappa shape index (κ3) is 4.41. The monoisotopic (exact) mass is 523 g/mol. The van der Waals surface area contributed by atoms with E-state index in [1.165, 1.54) is 6.20 Å². The van der Waals surface area contributed by atoms with Gasteiger partial charge >= 0.3 is 212 Å². The molecule has 7 heteroatoms. The van der Waals surface area contributed by atoms with Crippen LogP contribution in [0, 0.1) is 0 Å². The summed E-state index contributed by atoms with van der Waals surface area (Å²) >= 11 is 7.03. The Kier molecular flexibility index (Phi) is 7.16. The summed E-state index contributed by atoms with van der Waals surface area (Å²) in [6.45, 7) is -2.46. The summed E-state index contributed by atoms with van der Waals surface area (Å²) in [6, 6.07) is 34.2. The van der Waals surface area contributed by atoms with Gasteiger partial charge in [0.1, 0.15) is 0 Å². The van der Waals surface area contributed by atoms with Gasteiger partial charge in [-0.15, -0.1) is 0 Å². The number of aryl methyl sites for hydroxylation is 1. The van der Waals surface area contributed by atoms with Gasteiger partial charge in [0.15, 0.2) is 0 Å². The van der Waals surface area contributed by atoms with Crippen LogP contribution in [0.25, 0.3) is 0 Å². The summed E-state index contributed by atoms with van der Waals surface area (Å²) in [5, 5.41) is 1.80. The fourth-order valence-corrected chi connectivity index (χ4v) is 10.4. The molecular weight excluding hydrogens is 497 g/mol. The van der Waals surface area contributed by atoms with E-state index in [1.54, 1.807) is 24.3 Å². The van der Waals surface area contributed by atoms with E-state index in [0.29, 0.717) is 15.9 Å². The zero-order chi connectivity index (χ0) is 25.0. The van der Waals surface area contributed by atoms with E-state index < -0.39 is 16.9 Å². The summed E-state index contributed by atoms with van der Waals surface area (Å²) in [6.07, 6.45) is 2.03. The van der Waals surface area contributed by atoms with Gasteiger partial charge < -0.3 is 0 Å². The van der Waals surface area contributed by atoms with Crippen LogP contribution in [0.15, 0.2) is 131 Å². The van der Waals surface area contributed by atoms with Crippen molar-refractivity contribution >= 4 is 44.4 Å². The molecule has 0 heterocycles. The number of hydrogen-bond acceptors (Lipinski definition) is 3. The van der Waals surface area contributed by atoms with Gasteiger partial charge in [-0.2, -0.15) is 0 Å². The normalized spacial score (nSPS) is 13.6. The van der Waals surface area contributed by atoms with E-state index in [4.69, 9.17) is 11.6 Å². The summed E-state index contributed by atoms with van der Waals surface area (Å²) in [7, 11) is -3.91. The molecule has 4 rings (SSSR count). The maximum atomic E-state index is 13.1. The predicted octanol–water partition coefficient (Wildman–Crippen LogP) is 5.00. The van der Waals surface area contributed by atoms with Crippen molar-refractivity contribution in [1.29, 1.82) is 0 Å². The first kappa shape index (κ1) is 25.2. The SMILES string of the molecule is CCc1ccc(S(=O)(=O)N/C=C(\Cl)P(O)(c2ccccc2)(c2ccccc2)c2ccccc2)cc1. The van der Waals surface area contributed by atoms with Gasteiger partial charge in [-0.25, -0.2) is 0 Å². The Morgan fingerprint density at radius 1 is 0.771 bits per heavy atom. The minimum absolute atomic E-state index is 0.00773. The molecule has 0 atom stereocenters. The van der Waals surface area contributed by atoms with Crippen molar-refractivity contribution in [3.8, 4) is 0 Å². The Labute approximate surface area is 212 Å². The van der Waals surface area contributed by atoms with Crippen molar-refractivity contribution in [2.75, 3.05) is 0 Å². The average molecular weight is 524 g/mol. The first-order valence-corrected chi connectivity index (χ1v) is 15.3. The van der Waals surface area contributed by atoms with Gasteiger partial charge in [0.05, 0.1) is 0 Å². The molecule has 4 nitrogen and oxygen atoms in total. The molecule has 0 bridgehead atoms. The molecule has 0 unspecified atom stereocenters. The molecule has 0 amide bonds. The van der Waals surface area contributed by atoms with Gasteiger partial charge in [-0.05, 0) is 0 Å². The first-order chi connectivity index (χ1) is 16.8.